The van der Waals surface area contributed by atoms with Gasteiger partial charge in [0.1, 0.15) is 11.6 Å². The molecule has 0 aromatic heterocycles. The second-order valence-electron chi connectivity index (χ2n) is 14.4. The van der Waals surface area contributed by atoms with Crippen molar-refractivity contribution in [1.82, 2.24) is 0 Å². The van der Waals surface area contributed by atoms with Crippen molar-refractivity contribution in [1.29, 1.82) is 0 Å². The van der Waals surface area contributed by atoms with E-state index in [1.807, 2.05) is 0 Å². The van der Waals surface area contributed by atoms with Gasteiger partial charge < -0.3 is 9.80 Å². The van der Waals surface area contributed by atoms with E-state index in [1.165, 1.54) is 35.4 Å². The third-order valence-corrected chi connectivity index (χ3v) is 11.2. The minimum absolute atomic E-state index is 0.322. The Morgan fingerprint density at radius 2 is 0.754 bits per heavy atom. The lowest BCUT2D eigenvalue weighted by atomic mass is 9.67. The highest BCUT2D eigenvalue weighted by molar-refractivity contribution is 6.11. The molecule has 1 aliphatic rings. The monoisotopic (exact) mass is 738 g/mol. The molecule has 2 nitrogen and oxygen atoms in total. The second kappa shape index (κ2) is 14.1. The molecule has 0 aliphatic heterocycles. The van der Waals surface area contributed by atoms with Crippen LogP contribution in [0.2, 0.25) is 0 Å². The van der Waals surface area contributed by atoms with Crippen LogP contribution in [-0.4, -0.2) is 0 Å². The molecule has 0 spiro atoms. The van der Waals surface area contributed by atoms with E-state index in [4.69, 9.17) is 0 Å². The van der Waals surface area contributed by atoms with Crippen LogP contribution in [0.4, 0.5) is 42.9 Å². The SMILES string of the molecule is Fc1ccc(N(c2ccc(F)cc2)c2ccc3c(c2)C(c2ccccc2)(c2ccccc2)c2cc(N(c4ccccc4)c4ccccc4)c4ccccc4c2-3)cc1. The molecule has 9 aromatic rings. The lowest BCUT2D eigenvalue weighted by Gasteiger charge is -2.36. The average molecular weight is 739 g/mol. The molecular weight excluding hydrogens is 703 g/mol. The van der Waals surface area contributed by atoms with Crippen molar-refractivity contribution in [3.05, 3.63) is 252 Å². The molecule has 57 heavy (non-hydrogen) atoms. The van der Waals surface area contributed by atoms with E-state index < -0.39 is 5.41 Å². The molecule has 0 atom stereocenters. The number of benzene rings is 9. The fourth-order valence-electron chi connectivity index (χ4n) is 8.85. The largest absolute Gasteiger partial charge is 0.310 e. The predicted molar refractivity (Wildman–Crippen MR) is 231 cm³/mol. The number of rotatable bonds is 8. The molecule has 0 saturated heterocycles. The Morgan fingerprint density at radius 1 is 0.333 bits per heavy atom. The number of anilines is 6. The Morgan fingerprint density at radius 3 is 1.26 bits per heavy atom. The molecule has 1 aliphatic carbocycles. The number of hydrogen-bond donors (Lipinski definition) is 0. The molecular formula is C53H36F2N2. The van der Waals surface area contributed by atoms with Gasteiger partial charge in [-0.2, -0.15) is 0 Å². The van der Waals surface area contributed by atoms with E-state index in [1.54, 1.807) is 24.3 Å². The summed E-state index contributed by atoms with van der Waals surface area (Å²) in [6.07, 6.45) is 0. The topological polar surface area (TPSA) is 6.48 Å². The molecule has 272 valence electrons. The minimum atomic E-state index is -0.752. The van der Waals surface area contributed by atoms with Gasteiger partial charge in [-0.15, -0.1) is 0 Å². The van der Waals surface area contributed by atoms with E-state index in [2.05, 4.69) is 180 Å². The fourth-order valence-corrected chi connectivity index (χ4v) is 8.85. The molecule has 0 saturated carbocycles. The quantitative estimate of drug-likeness (QED) is 0.153. The van der Waals surface area contributed by atoms with Gasteiger partial charge in [-0.25, -0.2) is 8.78 Å². The second-order valence-corrected chi connectivity index (χ2v) is 14.4. The van der Waals surface area contributed by atoms with Crippen molar-refractivity contribution in [2.75, 3.05) is 9.80 Å². The van der Waals surface area contributed by atoms with Crippen LogP contribution in [0.3, 0.4) is 0 Å². The Labute approximate surface area is 331 Å². The highest BCUT2D eigenvalue weighted by Crippen LogP contribution is 2.60. The van der Waals surface area contributed by atoms with Gasteiger partial charge >= 0.3 is 0 Å². The van der Waals surface area contributed by atoms with Crippen molar-refractivity contribution in [3.8, 4) is 11.1 Å². The summed E-state index contributed by atoms with van der Waals surface area (Å²) in [5.74, 6) is -0.644. The summed E-state index contributed by atoms with van der Waals surface area (Å²) in [4.78, 5) is 4.43. The smallest absolute Gasteiger partial charge is 0.123 e. The summed E-state index contributed by atoms with van der Waals surface area (Å²) in [5.41, 5.74) is 11.7. The van der Waals surface area contributed by atoms with Crippen LogP contribution in [0.1, 0.15) is 22.3 Å². The zero-order chi connectivity index (χ0) is 38.3. The Hall–Kier alpha value is -7.30. The highest BCUT2D eigenvalue weighted by Gasteiger charge is 2.48. The molecule has 0 fully saturated rings. The highest BCUT2D eigenvalue weighted by atomic mass is 19.1. The lowest BCUT2D eigenvalue weighted by molar-refractivity contribution is 0.628. The Kier molecular flexibility index (Phi) is 8.45. The van der Waals surface area contributed by atoms with E-state index in [-0.39, 0.29) is 11.6 Å². The fraction of sp³-hybridized carbons (Fsp3) is 0.0189. The zero-order valence-electron chi connectivity index (χ0n) is 30.9. The molecule has 4 heteroatoms. The number of nitrogens with zero attached hydrogens (tertiary/aromatic N) is 2. The van der Waals surface area contributed by atoms with Crippen LogP contribution < -0.4 is 9.80 Å². The summed E-state index contributed by atoms with van der Waals surface area (Å²) in [6, 6.07) is 73.4. The molecule has 0 heterocycles. The van der Waals surface area contributed by atoms with Gasteiger partial charge in [0, 0.05) is 33.8 Å². The van der Waals surface area contributed by atoms with Gasteiger partial charge in [-0.05, 0) is 130 Å². The van der Waals surface area contributed by atoms with Gasteiger partial charge in [0.25, 0.3) is 0 Å². The van der Waals surface area contributed by atoms with Crippen molar-refractivity contribution < 1.29 is 8.78 Å². The maximum absolute atomic E-state index is 14.4. The third kappa shape index (κ3) is 5.68. The Balaban J connectivity index is 1.33. The maximum atomic E-state index is 14.4. The molecule has 0 bridgehead atoms. The first-order valence-corrected chi connectivity index (χ1v) is 19.1. The van der Waals surface area contributed by atoms with Gasteiger partial charge in [0.15, 0.2) is 0 Å². The van der Waals surface area contributed by atoms with Crippen LogP contribution in [0, 0.1) is 11.6 Å². The average Bonchev–Trinajstić information content (AvgIpc) is 3.57. The van der Waals surface area contributed by atoms with Crippen molar-refractivity contribution in [3.63, 3.8) is 0 Å². The van der Waals surface area contributed by atoms with Gasteiger partial charge in [-0.1, -0.05) is 127 Å². The zero-order valence-corrected chi connectivity index (χ0v) is 30.9. The molecule has 0 amide bonds. The first-order valence-electron chi connectivity index (χ1n) is 19.1. The van der Waals surface area contributed by atoms with Crippen LogP contribution >= 0.6 is 0 Å². The standard InChI is InChI=1S/C53H36F2N2/c54-39-25-29-43(30-26-39)56(44-31-27-40(55)28-32-44)45-33-34-48-49(35-45)53(37-15-5-1-6-16-37,38-17-7-2-8-18-38)50-36-51(46-23-13-14-24-47(46)52(48)50)57(41-19-9-3-10-20-41)42-21-11-4-12-22-42/h1-36H. The van der Waals surface area contributed by atoms with Gasteiger partial charge in [0.2, 0.25) is 0 Å². The van der Waals surface area contributed by atoms with E-state index >= 15 is 0 Å². The lowest BCUT2D eigenvalue weighted by Crippen LogP contribution is -2.29. The van der Waals surface area contributed by atoms with E-state index in [9.17, 15) is 8.78 Å². The number of hydrogen-bond acceptors (Lipinski definition) is 2. The summed E-state index contributed by atoms with van der Waals surface area (Å²) < 4.78 is 28.8. The normalized spacial score (nSPS) is 12.5. The van der Waals surface area contributed by atoms with Crippen LogP contribution in [0.25, 0.3) is 21.9 Å². The van der Waals surface area contributed by atoms with Gasteiger partial charge in [-0.3, -0.25) is 0 Å². The minimum Gasteiger partial charge on any atom is -0.310 e. The summed E-state index contributed by atoms with van der Waals surface area (Å²) in [5, 5.41) is 2.29. The van der Waals surface area contributed by atoms with E-state index in [0.29, 0.717) is 0 Å². The molecule has 10 rings (SSSR count). The molecule has 0 N–H and O–H groups in total. The van der Waals surface area contributed by atoms with Crippen LogP contribution in [-0.2, 0) is 5.41 Å². The first-order chi connectivity index (χ1) is 28.1. The van der Waals surface area contributed by atoms with Crippen molar-refractivity contribution in [2.45, 2.75) is 5.41 Å². The maximum Gasteiger partial charge on any atom is 0.123 e. The summed E-state index contributed by atoms with van der Waals surface area (Å²) in [7, 11) is 0. The van der Waals surface area contributed by atoms with E-state index in [0.717, 1.165) is 67.2 Å². The summed E-state index contributed by atoms with van der Waals surface area (Å²) in [6.45, 7) is 0. The van der Waals surface area contributed by atoms with Crippen LogP contribution in [0.15, 0.2) is 218 Å². The molecule has 9 aromatic carbocycles. The molecule has 0 unspecified atom stereocenters. The number of fused-ring (bicyclic) bond motifs is 5. The summed E-state index contributed by atoms with van der Waals surface area (Å²) >= 11 is 0. The molecule has 0 radical (unpaired) electrons. The third-order valence-electron chi connectivity index (χ3n) is 11.2. The first kappa shape index (κ1) is 34.2. The number of halogens is 2. The van der Waals surface area contributed by atoms with Crippen molar-refractivity contribution in [2.24, 2.45) is 0 Å². The number of para-hydroxylation sites is 2. The van der Waals surface area contributed by atoms with Crippen molar-refractivity contribution >= 4 is 44.9 Å². The van der Waals surface area contributed by atoms with Gasteiger partial charge in [0.05, 0.1) is 11.1 Å². The van der Waals surface area contributed by atoms with Crippen LogP contribution in [0.5, 0.6) is 0 Å². The predicted octanol–water partition coefficient (Wildman–Crippen LogP) is 14.4. The Bertz CT molecular complexity index is 2720.